The molecular weight excluding hydrogens is 882 g/mol. The highest BCUT2D eigenvalue weighted by Crippen LogP contribution is 2.45. The van der Waals surface area contributed by atoms with Gasteiger partial charge in [-0.15, -0.1) is 0 Å². The zero-order valence-corrected chi connectivity index (χ0v) is 36.6. The van der Waals surface area contributed by atoms with Gasteiger partial charge in [-0.1, -0.05) is 12.1 Å². The summed E-state index contributed by atoms with van der Waals surface area (Å²) in [5.41, 5.74) is 9.84. The summed E-state index contributed by atoms with van der Waals surface area (Å²) in [5.74, 6) is 4.77. The van der Waals surface area contributed by atoms with Gasteiger partial charge in [-0.05, 0) is 70.8 Å². The molecule has 2 heterocycles. The second-order valence-corrected chi connectivity index (χ2v) is 14.8. The number of ether oxygens (including phenoxy) is 6. The molecule has 52 heavy (non-hydrogen) atoms. The van der Waals surface area contributed by atoms with Gasteiger partial charge < -0.3 is 85.3 Å². The minimum absolute atomic E-state index is 0. The Hall–Kier alpha value is -2.94. The molecule has 0 saturated heterocycles. The second kappa shape index (κ2) is 17.0. The van der Waals surface area contributed by atoms with Crippen LogP contribution in [0.3, 0.4) is 0 Å². The van der Waals surface area contributed by atoms with Gasteiger partial charge >= 0.3 is 0 Å². The summed E-state index contributed by atoms with van der Waals surface area (Å²) < 4.78 is 36.6. The third kappa shape index (κ3) is 8.09. The van der Waals surface area contributed by atoms with Crippen molar-refractivity contribution in [2.24, 2.45) is 0 Å². The number of hydrogen-bond donors (Lipinski definition) is 0. The molecule has 2 aliphatic heterocycles. The molecule has 282 valence electrons. The van der Waals surface area contributed by atoms with E-state index in [1.54, 1.807) is 42.7 Å². The van der Waals surface area contributed by atoms with Crippen molar-refractivity contribution in [3.8, 4) is 45.6 Å². The van der Waals surface area contributed by atoms with Crippen LogP contribution in [0.4, 0.5) is 0 Å². The molecule has 2 aliphatic rings. The van der Waals surface area contributed by atoms with Crippen molar-refractivity contribution in [3.63, 3.8) is 0 Å². The van der Waals surface area contributed by atoms with E-state index in [1.165, 1.54) is 33.4 Å². The van der Waals surface area contributed by atoms with Gasteiger partial charge in [0.2, 0.25) is 0 Å². The van der Waals surface area contributed by atoms with E-state index in [2.05, 4.69) is 88.9 Å². The molecule has 0 bridgehead atoms. The lowest BCUT2D eigenvalue weighted by Gasteiger charge is -2.43. The van der Waals surface area contributed by atoms with Crippen LogP contribution in [-0.2, 0) is 25.7 Å². The SMILES string of the molecule is COc1cc2c(cc1OC)C(Cc1ccc(OC)c(-c3cc(CC4c5cc(OC)c(OC)cc5CC[N+]4(C)C)ccc3OC)c1)[N+](C)(C)CC2.[I-].[I-]. The molecule has 10 heteroatoms. The summed E-state index contributed by atoms with van der Waals surface area (Å²) in [4.78, 5) is 0. The topological polar surface area (TPSA) is 55.4 Å². The Balaban J connectivity index is 0.00000302. The lowest BCUT2D eigenvalue weighted by atomic mass is 9.85. The van der Waals surface area contributed by atoms with Gasteiger partial charge in [0, 0.05) is 47.9 Å². The number of fused-ring (bicyclic) bond motifs is 2. The van der Waals surface area contributed by atoms with Gasteiger partial charge in [0.1, 0.15) is 23.6 Å². The molecule has 0 aromatic heterocycles. The fraction of sp³-hybridized carbons (Fsp3) is 0.429. The van der Waals surface area contributed by atoms with Crippen molar-refractivity contribution in [1.82, 2.24) is 0 Å². The molecule has 0 amide bonds. The summed E-state index contributed by atoms with van der Waals surface area (Å²) >= 11 is 0. The predicted molar refractivity (Wildman–Crippen MR) is 198 cm³/mol. The van der Waals surface area contributed by atoms with Crippen molar-refractivity contribution in [2.45, 2.75) is 37.8 Å². The van der Waals surface area contributed by atoms with E-state index in [-0.39, 0.29) is 60.0 Å². The van der Waals surface area contributed by atoms with E-state index in [9.17, 15) is 0 Å². The minimum Gasteiger partial charge on any atom is -1.00 e. The number of nitrogens with zero attached hydrogens (tertiary/aromatic N) is 2. The Kier molecular flexibility index (Phi) is 13.7. The molecule has 0 aliphatic carbocycles. The molecular formula is C42H54I2N2O6. The molecule has 2 unspecified atom stereocenters. The summed E-state index contributed by atoms with van der Waals surface area (Å²) in [7, 11) is 19.6. The maximum absolute atomic E-state index is 6.00. The lowest BCUT2D eigenvalue weighted by molar-refractivity contribution is -0.923. The first-order chi connectivity index (χ1) is 24.0. The predicted octanol–water partition coefficient (Wildman–Crippen LogP) is 1.25. The molecule has 4 aromatic carbocycles. The molecule has 4 aromatic rings. The number of halogens is 2. The van der Waals surface area contributed by atoms with E-state index < -0.39 is 0 Å². The van der Waals surface area contributed by atoms with Crippen LogP contribution in [0.5, 0.6) is 34.5 Å². The van der Waals surface area contributed by atoms with Gasteiger partial charge in [0.25, 0.3) is 0 Å². The van der Waals surface area contributed by atoms with E-state index in [1.807, 2.05) is 0 Å². The zero-order valence-electron chi connectivity index (χ0n) is 32.3. The standard InChI is InChI=1S/C42H54N2O6.2HI/c1-43(2)17-15-29-23-39(47-7)41(49-9)25-31(29)35(43)21-27-11-13-37(45-5)33(19-27)34-20-28(12-14-38(34)46-6)22-36-32-26-42(50-10)40(48-8)24-30(32)16-18-44(36,3)4;;/h11-14,19-20,23-26,35-36H,15-18,21-22H2,1-10H3;2*1H/q+2;;/p-2. The zero-order chi connectivity index (χ0) is 35.8. The summed E-state index contributed by atoms with van der Waals surface area (Å²) in [6.07, 6.45) is 3.73. The lowest BCUT2D eigenvalue weighted by Crippen LogP contribution is -3.00. The molecule has 2 atom stereocenters. The molecule has 0 saturated carbocycles. The number of methoxy groups -OCH3 is 6. The first kappa shape index (κ1) is 41.8. The van der Waals surface area contributed by atoms with Gasteiger partial charge in [0.15, 0.2) is 23.0 Å². The minimum atomic E-state index is 0. The highest BCUT2D eigenvalue weighted by molar-refractivity contribution is 5.77. The van der Waals surface area contributed by atoms with Crippen LogP contribution in [0.25, 0.3) is 11.1 Å². The van der Waals surface area contributed by atoms with E-state index in [0.717, 1.165) is 93.4 Å². The quantitative estimate of drug-likeness (QED) is 0.167. The van der Waals surface area contributed by atoms with Crippen LogP contribution in [0.2, 0.25) is 0 Å². The highest BCUT2D eigenvalue weighted by atomic mass is 127. The van der Waals surface area contributed by atoms with Crippen molar-refractivity contribution in [2.75, 3.05) is 83.9 Å². The molecule has 0 N–H and O–H groups in total. The Morgan fingerprint density at radius 1 is 0.462 bits per heavy atom. The van der Waals surface area contributed by atoms with E-state index >= 15 is 0 Å². The molecule has 0 fully saturated rings. The fourth-order valence-corrected chi connectivity index (χ4v) is 8.15. The van der Waals surface area contributed by atoms with Crippen LogP contribution >= 0.6 is 0 Å². The maximum Gasteiger partial charge on any atom is 0.161 e. The van der Waals surface area contributed by atoms with Crippen LogP contribution < -0.4 is 76.4 Å². The van der Waals surface area contributed by atoms with Crippen LogP contribution in [0.1, 0.15) is 45.5 Å². The molecule has 0 radical (unpaired) electrons. The number of likely N-dealkylation sites (N-methyl/N-ethyl adjacent to an activating group) is 2. The maximum atomic E-state index is 6.00. The average Bonchev–Trinajstić information content (AvgIpc) is 3.12. The van der Waals surface area contributed by atoms with E-state index in [0.29, 0.717) is 0 Å². The van der Waals surface area contributed by atoms with Crippen molar-refractivity contribution in [1.29, 1.82) is 0 Å². The monoisotopic (exact) mass is 936 g/mol. The van der Waals surface area contributed by atoms with E-state index in [4.69, 9.17) is 28.4 Å². The summed E-state index contributed by atoms with van der Waals surface area (Å²) in [6, 6.07) is 22.4. The van der Waals surface area contributed by atoms with Gasteiger partial charge in [-0.25, -0.2) is 0 Å². The normalized spacial score (nSPS) is 18.0. The summed E-state index contributed by atoms with van der Waals surface area (Å²) in [6.45, 7) is 2.09. The average molecular weight is 937 g/mol. The molecule has 0 spiro atoms. The largest absolute Gasteiger partial charge is 1.00 e. The van der Waals surface area contributed by atoms with Gasteiger partial charge in [-0.3, -0.25) is 0 Å². The third-order valence-corrected chi connectivity index (χ3v) is 11.3. The Morgan fingerprint density at radius 2 is 0.788 bits per heavy atom. The number of rotatable bonds is 11. The van der Waals surface area contributed by atoms with Gasteiger partial charge in [0.05, 0.1) is 83.9 Å². The Bertz CT molecular complexity index is 1740. The number of hydrogen-bond acceptors (Lipinski definition) is 6. The Morgan fingerprint density at radius 3 is 1.12 bits per heavy atom. The first-order valence-corrected chi connectivity index (χ1v) is 17.5. The first-order valence-electron chi connectivity index (χ1n) is 17.5. The summed E-state index contributed by atoms with van der Waals surface area (Å²) in [5, 5.41) is 0. The number of benzene rings is 4. The third-order valence-electron chi connectivity index (χ3n) is 11.3. The van der Waals surface area contributed by atoms with Crippen molar-refractivity contribution < 1.29 is 85.3 Å². The van der Waals surface area contributed by atoms with Crippen LogP contribution in [-0.4, -0.2) is 92.9 Å². The van der Waals surface area contributed by atoms with Crippen molar-refractivity contribution >= 4 is 0 Å². The van der Waals surface area contributed by atoms with Crippen LogP contribution in [0.15, 0.2) is 60.7 Å². The van der Waals surface area contributed by atoms with Crippen molar-refractivity contribution in [3.05, 3.63) is 94.0 Å². The van der Waals surface area contributed by atoms with Gasteiger partial charge in [-0.2, -0.15) is 0 Å². The molecule has 8 nitrogen and oxygen atoms in total. The number of quaternary nitrogens is 2. The second-order valence-electron chi connectivity index (χ2n) is 14.8. The fourth-order valence-electron chi connectivity index (χ4n) is 8.15. The van der Waals surface area contributed by atoms with Crippen LogP contribution in [0, 0.1) is 0 Å². The Labute approximate surface area is 344 Å². The smallest absolute Gasteiger partial charge is 0.161 e. The highest BCUT2D eigenvalue weighted by Gasteiger charge is 2.38. The molecule has 6 rings (SSSR count).